The molecule has 0 saturated carbocycles. The van der Waals surface area contributed by atoms with Crippen LogP contribution in [0.3, 0.4) is 0 Å². The van der Waals surface area contributed by atoms with Gasteiger partial charge in [0.15, 0.2) is 0 Å². The highest BCUT2D eigenvalue weighted by Crippen LogP contribution is 2.24. The number of hydrogen-bond donors (Lipinski definition) is 1. The minimum Gasteiger partial charge on any atom is -0.481 e. The summed E-state index contributed by atoms with van der Waals surface area (Å²) < 4.78 is 0. The third-order valence-electron chi connectivity index (χ3n) is 4.26. The molecule has 1 fully saturated rings. The third kappa shape index (κ3) is 3.63. The topological polar surface area (TPSA) is 57.6 Å². The molecule has 114 valence electrons. The Bertz CT molecular complexity index is 534. The number of piperidine rings is 1. The van der Waals surface area contributed by atoms with E-state index in [9.17, 15) is 9.59 Å². The monoisotopic (exact) mass is 289 g/mol. The number of nitrogens with zero attached hydrogens (tertiary/aromatic N) is 1. The predicted molar refractivity (Wildman–Crippen MR) is 81.5 cm³/mol. The number of hydrogen-bond acceptors (Lipinski definition) is 2. The molecule has 1 aliphatic heterocycles. The van der Waals surface area contributed by atoms with Gasteiger partial charge in [-0.1, -0.05) is 17.7 Å². The first kappa shape index (κ1) is 15.5. The number of amides is 1. The predicted octanol–water partition coefficient (Wildman–Crippen LogP) is 2.94. The fourth-order valence-corrected chi connectivity index (χ4v) is 3.26. The summed E-state index contributed by atoms with van der Waals surface area (Å²) in [5.74, 6) is -0.462. The van der Waals surface area contributed by atoms with Crippen molar-refractivity contribution in [2.24, 2.45) is 5.92 Å². The van der Waals surface area contributed by atoms with E-state index >= 15 is 0 Å². The SMILES string of the molecule is Cc1cc(C)c(C(=O)N2CCC(CC(=O)O)CC2)c(C)c1. The van der Waals surface area contributed by atoms with E-state index in [1.165, 1.54) is 5.56 Å². The summed E-state index contributed by atoms with van der Waals surface area (Å²) in [4.78, 5) is 25.3. The van der Waals surface area contributed by atoms with Gasteiger partial charge < -0.3 is 10.0 Å². The zero-order valence-electron chi connectivity index (χ0n) is 13.0. The summed E-state index contributed by atoms with van der Waals surface area (Å²) >= 11 is 0. The van der Waals surface area contributed by atoms with Crippen molar-refractivity contribution in [1.29, 1.82) is 0 Å². The van der Waals surface area contributed by atoms with Crippen LogP contribution < -0.4 is 0 Å². The van der Waals surface area contributed by atoms with Crippen LogP contribution in [0.15, 0.2) is 12.1 Å². The quantitative estimate of drug-likeness (QED) is 0.930. The average Bonchev–Trinajstić information content (AvgIpc) is 2.37. The van der Waals surface area contributed by atoms with E-state index in [1.54, 1.807) is 0 Å². The standard InChI is InChI=1S/C17H23NO3/c1-11-8-12(2)16(13(3)9-11)17(21)18-6-4-14(5-7-18)10-15(19)20/h8-9,14H,4-7,10H2,1-3H3,(H,19,20). The molecule has 0 aliphatic carbocycles. The molecule has 1 saturated heterocycles. The Morgan fingerprint density at radius 3 is 2.14 bits per heavy atom. The molecule has 21 heavy (non-hydrogen) atoms. The summed E-state index contributed by atoms with van der Waals surface area (Å²) in [6.07, 6.45) is 1.77. The van der Waals surface area contributed by atoms with Gasteiger partial charge in [0, 0.05) is 25.1 Å². The largest absolute Gasteiger partial charge is 0.481 e. The van der Waals surface area contributed by atoms with Crippen molar-refractivity contribution < 1.29 is 14.7 Å². The Hall–Kier alpha value is -1.84. The number of likely N-dealkylation sites (tertiary alicyclic amines) is 1. The number of aliphatic carboxylic acids is 1. The summed E-state index contributed by atoms with van der Waals surface area (Å²) in [6, 6.07) is 4.08. The molecule has 4 nitrogen and oxygen atoms in total. The van der Waals surface area contributed by atoms with Gasteiger partial charge in [-0.15, -0.1) is 0 Å². The molecule has 1 aromatic rings. The molecule has 1 amide bonds. The van der Waals surface area contributed by atoms with Gasteiger partial charge in [-0.25, -0.2) is 0 Å². The van der Waals surface area contributed by atoms with Crippen molar-refractivity contribution in [3.05, 3.63) is 34.4 Å². The smallest absolute Gasteiger partial charge is 0.303 e. The minimum absolute atomic E-state index is 0.0822. The maximum atomic E-state index is 12.7. The first-order chi connectivity index (χ1) is 9.88. The molecule has 0 bridgehead atoms. The number of benzene rings is 1. The average molecular weight is 289 g/mol. The molecule has 0 aromatic heterocycles. The van der Waals surface area contributed by atoms with Crippen molar-refractivity contribution in [2.45, 2.75) is 40.0 Å². The van der Waals surface area contributed by atoms with E-state index in [1.807, 2.05) is 37.8 Å². The molecule has 4 heteroatoms. The number of carbonyl (C=O) groups is 2. The molecular formula is C17H23NO3. The summed E-state index contributed by atoms with van der Waals surface area (Å²) in [5, 5.41) is 8.84. The van der Waals surface area contributed by atoms with Crippen LogP contribution >= 0.6 is 0 Å². The van der Waals surface area contributed by atoms with Crippen molar-refractivity contribution in [1.82, 2.24) is 4.90 Å². The first-order valence-electron chi connectivity index (χ1n) is 7.47. The molecule has 1 aliphatic rings. The molecule has 1 heterocycles. The molecule has 0 unspecified atom stereocenters. The van der Waals surface area contributed by atoms with Gasteiger partial charge in [0.05, 0.1) is 0 Å². The number of aryl methyl sites for hydroxylation is 3. The molecule has 0 spiro atoms. The highest BCUT2D eigenvalue weighted by atomic mass is 16.4. The van der Waals surface area contributed by atoms with Crippen LogP contribution in [0.4, 0.5) is 0 Å². The van der Waals surface area contributed by atoms with Crippen molar-refractivity contribution >= 4 is 11.9 Å². The fraction of sp³-hybridized carbons (Fsp3) is 0.529. The van der Waals surface area contributed by atoms with Gasteiger partial charge in [0.2, 0.25) is 0 Å². The summed E-state index contributed by atoms with van der Waals surface area (Å²) in [5.41, 5.74) is 4.01. The van der Waals surface area contributed by atoms with Gasteiger partial charge >= 0.3 is 5.97 Å². The maximum Gasteiger partial charge on any atom is 0.303 e. The van der Waals surface area contributed by atoms with Crippen molar-refractivity contribution in [3.63, 3.8) is 0 Å². The lowest BCUT2D eigenvalue weighted by molar-refractivity contribution is -0.138. The fourth-order valence-electron chi connectivity index (χ4n) is 3.26. The van der Waals surface area contributed by atoms with E-state index in [0.29, 0.717) is 13.1 Å². The molecule has 1 aromatic carbocycles. The van der Waals surface area contributed by atoms with E-state index in [2.05, 4.69) is 0 Å². The second-order valence-corrected chi connectivity index (χ2v) is 6.11. The third-order valence-corrected chi connectivity index (χ3v) is 4.26. The summed E-state index contributed by atoms with van der Waals surface area (Å²) in [6.45, 7) is 7.30. The van der Waals surface area contributed by atoms with Crippen LogP contribution in [0.2, 0.25) is 0 Å². The van der Waals surface area contributed by atoms with E-state index in [4.69, 9.17) is 5.11 Å². The first-order valence-corrected chi connectivity index (χ1v) is 7.47. The van der Waals surface area contributed by atoms with Crippen LogP contribution in [0.25, 0.3) is 0 Å². The number of carboxylic acids is 1. The second kappa shape index (κ2) is 6.29. The van der Waals surface area contributed by atoms with E-state index in [0.717, 1.165) is 29.5 Å². The lowest BCUT2D eigenvalue weighted by Crippen LogP contribution is -2.39. The number of carbonyl (C=O) groups excluding carboxylic acids is 1. The van der Waals surface area contributed by atoms with Crippen molar-refractivity contribution in [3.8, 4) is 0 Å². The molecular weight excluding hydrogens is 266 g/mol. The zero-order chi connectivity index (χ0) is 15.6. The Kier molecular flexibility index (Phi) is 4.66. The van der Waals surface area contributed by atoms with Gasteiger partial charge in [-0.05, 0) is 50.7 Å². The second-order valence-electron chi connectivity index (χ2n) is 6.11. The van der Waals surface area contributed by atoms with E-state index in [-0.39, 0.29) is 18.2 Å². The van der Waals surface area contributed by atoms with Crippen LogP contribution in [0.5, 0.6) is 0 Å². The van der Waals surface area contributed by atoms with Crippen LogP contribution in [-0.2, 0) is 4.79 Å². The minimum atomic E-state index is -0.745. The van der Waals surface area contributed by atoms with Gasteiger partial charge in [0.1, 0.15) is 0 Å². The highest BCUT2D eigenvalue weighted by Gasteiger charge is 2.26. The van der Waals surface area contributed by atoms with Gasteiger partial charge in [-0.3, -0.25) is 9.59 Å². The Balaban J connectivity index is 2.07. The van der Waals surface area contributed by atoms with E-state index < -0.39 is 5.97 Å². The molecule has 0 radical (unpaired) electrons. The zero-order valence-corrected chi connectivity index (χ0v) is 13.0. The molecule has 2 rings (SSSR count). The Morgan fingerprint density at radius 1 is 1.14 bits per heavy atom. The number of carboxylic acid groups (broad SMARTS) is 1. The molecule has 0 atom stereocenters. The van der Waals surface area contributed by atoms with Crippen molar-refractivity contribution in [2.75, 3.05) is 13.1 Å². The Labute approximate surface area is 125 Å². The van der Waals surface area contributed by atoms with Gasteiger partial charge in [0.25, 0.3) is 5.91 Å². The van der Waals surface area contributed by atoms with Crippen LogP contribution in [0, 0.1) is 26.7 Å². The number of rotatable bonds is 3. The summed E-state index contributed by atoms with van der Waals surface area (Å²) in [7, 11) is 0. The van der Waals surface area contributed by atoms with Gasteiger partial charge in [-0.2, -0.15) is 0 Å². The lowest BCUT2D eigenvalue weighted by atomic mass is 9.92. The highest BCUT2D eigenvalue weighted by molar-refractivity contribution is 5.97. The normalized spacial score (nSPS) is 16.0. The maximum absolute atomic E-state index is 12.7. The van der Waals surface area contributed by atoms with Crippen LogP contribution in [0.1, 0.15) is 46.3 Å². The lowest BCUT2D eigenvalue weighted by Gasteiger charge is -2.32. The van der Waals surface area contributed by atoms with Crippen LogP contribution in [-0.4, -0.2) is 35.0 Å². The molecule has 1 N–H and O–H groups in total. The Morgan fingerprint density at radius 2 is 1.67 bits per heavy atom.